The number of carbonyl (C=O) groups is 4. The highest BCUT2D eigenvalue weighted by molar-refractivity contribution is 6.22. The van der Waals surface area contributed by atoms with Crippen molar-refractivity contribution in [2.24, 2.45) is 0 Å². The predicted octanol–water partition coefficient (Wildman–Crippen LogP) is 2.99. The third kappa shape index (κ3) is 3.42. The van der Waals surface area contributed by atoms with Crippen molar-refractivity contribution < 1.29 is 23.9 Å². The monoisotopic (exact) mass is 418 g/mol. The molecular weight excluding hydrogens is 396 g/mol. The number of hydrogen-bond donors (Lipinski definition) is 0. The van der Waals surface area contributed by atoms with Crippen molar-refractivity contribution in [2.45, 2.75) is 32.4 Å². The first kappa shape index (κ1) is 20.5. The number of esters is 1. The first-order valence-corrected chi connectivity index (χ1v) is 10.1. The number of anilines is 1. The zero-order valence-corrected chi connectivity index (χ0v) is 17.3. The molecule has 31 heavy (non-hydrogen) atoms. The maximum atomic E-state index is 13.0. The molecule has 2 atom stereocenters. The SMILES string of the molecule is C=CCN1C(=O)c2ccc(C(=O)O[C@@H](C)C(=O)N3c4ccccc4C[C@H]3C)cc2C1=O. The first-order valence-electron chi connectivity index (χ1n) is 10.1. The molecule has 2 aliphatic rings. The molecule has 0 aliphatic carbocycles. The Morgan fingerprint density at radius 2 is 1.87 bits per heavy atom. The second-order valence-corrected chi connectivity index (χ2v) is 7.71. The van der Waals surface area contributed by atoms with E-state index in [1.165, 1.54) is 31.2 Å². The second kappa shape index (κ2) is 7.83. The summed E-state index contributed by atoms with van der Waals surface area (Å²) in [6, 6.07) is 11.8. The number of carbonyl (C=O) groups excluding carboxylic acids is 4. The van der Waals surface area contributed by atoms with Crippen molar-refractivity contribution in [1.82, 2.24) is 4.90 Å². The van der Waals surface area contributed by atoms with Gasteiger partial charge in [0.2, 0.25) is 0 Å². The van der Waals surface area contributed by atoms with Gasteiger partial charge in [0, 0.05) is 18.3 Å². The van der Waals surface area contributed by atoms with Gasteiger partial charge in [-0.05, 0) is 50.1 Å². The molecule has 0 saturated heterocycles. The summed E-state index contributed by atoms with van der Waals surface area (Å²) in [4.78, 5) is 53.2. The highest BCUT2D eigenvalue weighted by Crippen LogP contribution is 2.32. The number of nitrogens with zero attached hydrogens (tertiary/aromatic N) is 2. The maximum absolute atomic E-state index is 13.0. The zero-order valence-electron chi connectivity index (χ0n) is 17.3. The summed E-state index contributed by atoms with van der Waals surface area (Å²) >= 11 is 0. The van der Waals surface area contributed by atoms with Crippen LogP contribution in [0.25, 0.3) is 0 Å². The van der Waals surface area contributed by atoms with E-state index >= 15 is 0 Å². The number of rotatable bonds is 5. The Kier molecular flexibility index (Phi) is 5.19. The Balaban J connectivity index is 1.51. The Hall–Kier alpha value is -3.74. The molecule has 0 N–H and O–H groups in total. The summed E-state index contributed by atoms with van der Waals surface area (Å²) in [7, 11) is 0. The summed E-state index contributed by atoms with van der Waals surface area (Å²) in [5, 5.41) is 0. The highest BCUT2D eigenvalue weighted by Gasteiger charge is 2.37. The lowest BCUT2D eigenvalue weighted by atomic mass is 10.1. The lowest BCUT2D eigenvalue weighted by Gasteiger charge is -2.26. The van der Waals surface area contributed by atoms with Crippen molar-refractivity contribution in [3.63, 3.8) is 0 Å². The minimum atomic E-state index is -1.01. The Labute approximate surface area is 179 Å². The topological polar surface area (TPSA) is 84.0 Å². The van der Waals surface area contributed by atoms with Gasteiger partial charge in [-0.3, -0.25) is 19.3 Å². The molecule has 0 saturated carbocycles. The molecular formula is C24H22N2O5. The molecule has 2 heterocycles. The van der Waals surface area contributed by atoms with Crippen molar-refractivity contribution in [3.05, 3.63) is 77.4 Å². The van der Waals surface area contributed by atoms with E-state index in [-0.39, 0.29) is 35.2 Å². The molecule has 0 fully saturated rings. The average molecular weight is 418 g/mol. The molecule has 7 heteroatoms. The van der Waals surface area contributed by atoms with Crippen LogP contribution in [0, 0.1) is 0 Å². The number of imide groups is 1. The molecule has 0 bridgehead atoms. The molecule has 2 aliphatic heterocycles. The summed E-state index contributed by atoms with van der Waals surface area (Å²) in [5.41, 5.74) is 2.38. The highest BCUT2D eigenvalue weighted by atomic mass is 16.5. The van der Waals surface area contributed by atoms with Crippen molar-refractivity contribution in [3.8, 4) is 0 Å². The molecule has 7 nitrogen and oxygen atoms in total. The van der Waals surface area contributed by atoms with Crippen LogP contribution in [0.5, 0.6) is 0 Å². The molecule has 2 aromatic rings. The quantitative estimate of drug-likeness (QED) is 0.423. The lowest BCUT2D eigenvalue weighted by Crippen LogP contribution is -2.43. The van der Waals surface area contributed by atoms with Crippen molar-refractivity contribution in [1.29, 1.82) is 0 Å². The van der Waals surface area contributed by atoms with E-state index in [0.29, 0.717) is 0 Å². The third-order valence-electron chi connectivity index (χ3n) is 5.59. The predicted molar refractivity (Wildman–Crippen MR) is 114 cm³/mol. The molecule has 0 spiro atoms. The minimum Gasteiger partial charge on any atom is -0.449 e. The van der Waals surface area contributed by atoms with Gasteiger partial charge in [0.1, 0.15) is 0 Å². The van der Waals surface area contributed by atoms with Gasteiger partial charge in [0.15, 0.2) is 6.10 Å². The molecule has 2 aromatic carbocycles. The summed E-state index contributed by atoms with van der Waals surface area (Å²) in [6.07, 6.45) is 1.19. The number of fused-ring (bicyclic) bond motifs is 2. The number of hydrogen-bond acceptors (Lipinski definition) is 5. The molecule has 0 radical (unpaired) electrons. The molecule has 0 aromatic heterocycles. The van der Waals surface area contributed by atoms with Crippen LogP contribution in [0.1, 0.15) is 50.5 Å². The van der Waals surface area contributed by atoms with E-state index in [0.717, 1.165) is 22.6 Å². The molecule has 3 amide bonds. The summed E-state index contributed by atoms with van der Waals surface area (Å²) in [6.45, 7) is 7.12. The van der Waals surface area contributed by atoms with Crippen LogP contribution >= 0.6 is 0 Å². The van der Waals surface area contributed by atoms with Crippen LogP contribution in [-0.4, -0.2) is 47.3 Å². The zero-order chi connectivity index (χ0) is 22.3. The first-order chi connectivity index (χ1) is 14.8. The van der Waals surface area contributed by atoms with Gasteiger partial charge in [0.05, 0.1) is 16.7 Å². The van der Waals surface area contributed by atoms with Gasteiger partial charge in [-0.15, -0.1) is 6.58 Å². The van der Waals surface area contributed by atoms with Crippen LogP contribution in [0.3, 0.4) is 0 Å². The third-order valence-corrected chi connectivity index (χ3v) is 5.59. The number of benzene rings is 2. The lowest BCUT2D eigenvalue weighted by molar-refractivity contribution is -0.126. The van der Waals surface area contributed by atoms with E-state index in [1.807, 2.05) is 31.2 Å². The van der Waals surface area contributed by atoms with E-state index < -0.39 is 23.9 Å². The Morgan fingerprint density at radius 3 is 2.61 bits per heavy atom. The number of amides is 3. The van der Waals surface area contributed by atoms with Crippen LogP contribution in [0.15, 0.2) is 55.1 Å². The number of para-hydroxylation sites is 1. The fourth-order valence-electron chi connectivity index (χ4n) is 4.09. The average Bonchev–Trinajstić information content (AvgIpc) is 3.21. The van der Waals surface area contributed by atoms with E-state index in [9.17, 15) is 19.2 Å². The van der Waals surface area contributed by atoms with Gasteiger partial charge in [-0.25, -0.2) is 4.79 Å². The van der Waals surface area contributed by atoms with Gasteiger partial charge >= 0.3 is 5.97 Å². The fourth-order valence-corrected chi connectivity index (χ4v) is 4.09. The van der Waals surface area contributed by atoms with Gasteiger partial charge in [0.25, 0.3) is 17.7 Å². The summed E-state index contributed by atoms with van der Waals surface area (Å²) < 4.78 is 5.41. The van der Waals surface area contributed by atoms with Crippen molar-refractivity contribution >= 4 is 29.4 Å². The smallest absolute Gasteiger partial charge is 0.338 e. The largest absolute Gasteiger partial charge is 0.449 e. The van der Waals surface area contributed by atoms with E-state index in [2.05, 4.69) is 6.58 Å². The van der Waals surface area contributed by atoms with E-state index in [1.54, 1.807) is 4.90 Å². The van der Waals surface area contributed by atoms with Crippen LogP contribution in [-0.2, 0) is 16.0 Å². The minimum absolute atomic E-state index is 0.0366. The maximum Gasteiger partial charge on any atom is 0.338 e. The van der Waals surface area contributed by atoms with E-state index in [4.69, 9.17) is 4.74 Å². The van der Waals surface area contributed by atoms with Gasteiger partial charge < -0.3 is 9.64 Å². The number of ether oxygens (including phenoxy) is 1. The standard InChI is InChI=1S/C24H22N2O5/c1-4-11-25-22(28)18-10-9-17(13-19(18)23(25)29)24(30)31-15(3)21(27)26-14(2)12-16-7-5-6-8-20(16)26/h4-10,13-15H,1,11-12H2,2-3H3/t14-,15+/m1/s1. The fraction of sp³-hybridized carbons (Fsp3) is 0.250. The molecule has 4 rings (SSSR count). The van der Waals surface area contributed by atoms with Crippen molar-refractivity contribution in [2.75, 3.05) is 11.4 Å². The van der Waals surface area contributed by atoms with Gasteiger partial charge in [-0.2, -0.15) is 0 Å². The van der Waals surface area contributed by atoms with Crippen LogP contribution in [0.4, 0.5) is 5.69 Å². The Morgan fingerprint density at radius 1 is 1.16 bits per heavy atom. The van der Waals surface area contributed by atoms with Crippen LogP contribution in [0.2, 0.25) is 0 Å². The normalized spacial score (nSPS) is 17.9. The molecule has 158 valence electrons. The van der Waals surface area contributed by atoms with Gasteiger partial charge in [-0.1, -0.05) is 24.3 Å². The molecule has 0 unspecified atom stereocenters. The Bertz CT molecular complexity index is 1120. The summed E-state index contributed by atoms with van der Waals surface area (Å²) in [5.74, 6) is -1.95. The second-order valence-electron chi connectivity index (χ2n) is 7.71. The van der Waals surface area contributed by atoms with Crippen LogP contribution < -0.4 is 4.90 Å².